The SMILES string of the molecule is CC(C)(NC(=O)c1cnn2ccccc12)/C(N)=N/O. The molecule has 0 bridgehead atoms. The molecule has 2 rings (SSSR count). The number of nitrogens with two attached hydrogens (primary N) is 1. The van der Waals surface area contributed by atoms with Crippen molar-refractivity contribution in [2.75, 3.05) is 0 Å². The topological polar surface area (TPSA) is 105 Å². The number of nitrogens with zero attached hydrogens (tertiary/aromatic N) is 3. The number of hydrogen-bond donors (Lipinski definition) is 3. The average molecular weight is 261 g/mol. The fourth-order valence-electron chi connectivity index (χ4n) is 1.65. The zero-order chi connectivity index (χ0) is 14.0. The molecular weight excluding hydrogens is 246 g/mol. The molecule has 0 saturated heterocycles. The van der Waals surface area contributed by atoms with Crippen LogP contribution < -0.4 is 11.1 Å². The Morgan fingerprint density at radius 1 is 1.53 bits per heavy atom. The lowest BCUT2D eigenvalue weighted by Crippen LogP contribution is -2.53. The maximum Gasteiger partial charge on any atom is 0.255 e. The molecule has 4 N–H and O–H groups in total. The normalized spacial score (nSPS) is 12.6. The molecule has 1 amide bonds. The van der Waals surface area contributed by atoms with E-state index in [1.165, 1.54) is 6.20 Å². The molecule has 0 unspecified atom stereocenters. The van der Waals surface area contributed by atoms with Crippen molar-refractivity contribution >= 4 is 17.3 Å². The minimum absolute atomic E-state index is 0.0719. The fraction of sp³-hybridized carbons (Fsp3) is 0.250. The zero-order valence-electron chi connectivity index (χ0n) is 10.7. The minimum atomic E-state index is -0.950. The first-order chi connectivity index (χ1) is 8.95. The highest BCUT2D eigenvalue weighted by atomic mass is 16.4. The molecule has 2 aromatic heterocycles. The number of rotatable bonds is 3. The van der Waals surface area contributed by atoms with Crippen LogP contribution in [0.5, 0.6) is 0 Å². The summed E-state index contributed by atoms with van der Waals surface area (Å²) < 4.78 is 1.60. The van der Waals surface area contributed by atoms with Crippen LogP contribution in [0.3, 0.4) is 0 Å². The van der Waals surface area contributed by atoms with Crippen molar-refractivity contribution in [3.05, 3.63) is 36.2 Å². The predicted molar refractivity (Wildman–Crippen MR) is 70.1 cm³/mol. The van der Waals surface area contributed by atoms with Crippen molar-refractivity contribution in [3.63, 3.8) is 0 Å². The largest absolute Gasteiger partial charge is 0.409 e. The van der Waals surface area contributed by atoms with Gasteiger partial charge in [0.25, 0.3) is 5.91 Å². The highest BCUT2D eigenvalue weighted by Crippen LogP contribution is 2.12. The lowest BCUT2D eigenvalue weighted by molar-refractivity contribution is 0.0932. The van der Waals surface area contributed by atoms with E-state index in [1.54, 1.807) is 30.6 Å². The van der Waals surface area contributed by atoms with E-state index in [-0.39, 0.29) is 11.7 Å². The van der Waals surface area contributed by atoms with Gasteiger partial charge in [0.1, 0.15) is 0 Å². The third kappa shape index (κ3) is 2.35. The second kappa shape index (κ2) is 4.60. The summed E-state index contributed by atoms with van der Waals surface area (Å²) in [6, 6.07) is 5.43. The molecule has 0 radical (unpaired) electrons. The Hall–Kier alpha value is -2.57. The van der Waals surface area contributed by atoms with Crippen LogP contribution in [0.1, 0.15) is 24.2 Å². The third-order valence-corrected chi connectivity index (χ3v) is 2.85. The van der Waals surface area contributed by atoms with Gasteiger partial charge in [-0.25, -0.2) is 4.52 Å². The summed E-state index contributed by atoms with van der Waals surface area (Å²) in [7, 11) is 0. The minimum Gasteiger partial charge on any atom is -0.409 e. The number of oxime groups is 1. The van der Waals surface area contributed by atoms with Crippen molar-refractivity contribution < 1.29 is 10.0 Å². The monoisotopic (exact) mass is 261 g/mol. The van der Waals surface area contributed by atoms with Crippen molar-refractivity contribution in [1.82, 2.24) is 14.9 Å². The van der Waals surface area contributed by atoms with Gasteiger partial charge in [-0.05, 0) is 26.0 Å². The molecule has 2 aromatic rings. The standard InChI is InChI=1S/C12H15N5O2/c1-12(2,11(13)16-19)15-10(18)8-7-14-17-6-4-3-5-9(8)17/h3-7,19H,1-2H3,(H2,13,16)(H,15,18). The highest BCUT2D eigenvalue weighted by molar-refractivity contribution is 6.04. The van der Waals surface area contributed by atoms with Crippen LogP contribution in [0.25, 0.3) is 5.52 Å². The molecule has 7 heteroatoms. The number of pyridine rings is 1. The van der Waals surface area contributed by atoms with Crippen LogP contribution >= 0.6 is 0 Å². The molecular formula is C12H15N5O2. The van der Waals surface area contributed by atoms with Gasteiger partial charge in [-0.15, -0.1) is 0 Å². The van der Waals surface area contributed by atoms with E-state index in [9.17, 15) is 4.79 Å². The molecule has 0 fully saturated rings. The molecule has 7 nitrogen and oxygen atoms in total. The van der Waals surface area contributed by atoms with Crippen molar-refractivity contribution in [1.29, 1.82) is 0 Å². The van der Waals surface area contributed by atoms with E-state index < -0.39 is 5.54 Å². The summed E-state index contributed by atoms with van der Waals surface area (Å²) in [6.45, 7) is 3.29. The Balaban J connectivity index is 2.31. The Morgan fingerprint density at radius 3 is 2.95 bits per heavy atom. The number of hydrogen-bond acceptors (Lipinski definition) is 4. The van der Waals surface area contributed by atoms with Gasteiger partial charge >= 0.3 is 0 Å². The molecule has 0 aliphatic heterocycles. The average Bonchev–Trinajstić information content (AvgIpc) is 2.81. The van der Waals surface area contributed by atoms with Crippen LogP contribution in [0.2, 0.25) is 0 Å². The van der Waals surface area contributed by atoms with E-state index >= 15 is 0 Å². The fourth-order valence-corrected chi connectivity index (χ4v) is 1.65. The molecule has 19 heavy (non-hydrogen) atoms. The van der Waals surface area contributed by atoms with Gasteiger partial charge in [0.15, 0.2) is 5.84 Å². The Kier molecular flexibility index (Phi) is 3.12. The van der Waals surface area contributed by atoms with Crippen molar-refractivity contribution in [3.8, 4) is 0 Å². The number of carbonyl (C=O) groups is 1. The van der Waals surface area contributed by atoms with Crippen molar-refractivity contribution in [2.24, 2.45) is 10.9 Å². The summed E-state index contributed by atoms with van der Waals surface area (Å²) in [5.74, 6) is -0.407. The lowest BCUT2D eigenvalue weighted by atomic mass is 10.0. The molecule has 0 saturated carbocycles. The number of carbonyl (C=O) groups excluding carboxylic acids is 1. The molecule has 0 aromatic carbocycles. The van der Waals surface area contributed by atoms with E-state index in [0.29, 0.717) is 11.1 Å². The molecule has 100 valence electrons. The van der Waals surface area contributed by atoms with Gasteiger partial charge < -0.3 is 16.3 Å². The summed E-state index contributed by atoms with van der Waals surface area (Å²) in [6.07, 6.45) is 3.23. The summed E-state index contributed by atoms with van der Waals surface area (Å²) in [5.41, 5.74) is 5.70. The number of aromatic nitrogens is 2. The zero-order valence-corrected chi connectivity index (χ0v) is 10.7. The predicted octanol–water partition coefficient (Wildman–Crippen LogP) is 0.589. The molecule has 0 spiro atoms. The second-order valence-electron chi connectivity index (χ2n) is 4.65. The number of amidine groups is 1. The molecule has 0 aliphatic rings. The van der Waals surface area contributed by atoms with Gasteiger partial charge in [-0.1, -0.05) is 11.2 Å². The van der Waals surface area contributed by atoms with Crippen LogP contribution in [-0.2, 0) is 0 Å². The molecule has 0 atom stereocenters. The van der Waals surface area contributed by atoms with E-state index in [1.807, 2.05) is 12.1 Å². The lowest BCUT2D eigenvalue weighted by Gasteiger charge is -2.24. The van der Waals surface area contributed by atoms with Crippen LogP contribution in [0, 0.1) is 0 Å². The van der Waals surface area contributed by atoms with Gasteiger partial charge in [0.05, 0.1) is 22.8 Å². The maximum absolute atomic E-state index is 12.2. The maximum atomic E-state index is 12.2. The van der Waals surface area contributed by atoms with Gasteiger partial charge in [-0.2, -0.15) is 5.10 Å². The molecule has 2 heterocycles. The third-order valence-electron chi connectivity index (χ3n) is 2.85. The number of amides is 1. The number of nitrogens with one attached hydrogen (secondary N) is 1. The van der Waals surface area contributed by atoms with Crippen LogP contribution in [0.4, 0.5) is 0 Å². The van der Waals surface area contributed by atoms with Gasteiger partial charge in [0, 0.05) is 6.20 Å². The summed E-state index contributed by atoms with van der Waals surface area (Å²) >= 11 is 0. The van der Waals surface area contributed by atoms with Crippen LogP contribution in [-0.4, -0.2) is 32.1 Å². The van der Waals surface area contributed by atoms with E-state index in [2.05, 4.69) is 15.6 Å². The van der Waals surface area contributed by atoms with Gasteiger partial charge in [-0.3, -0.25) is 4.79 Å². The highest BCUT2D eigenvalue weighted by Gasteiger charge is 2.27. The van der Waals surface area contributed by atoms with E-state index in [4.69, 9.17) is 10.9 Å². The Bertz CT molecular complexity index is 644. The first kappa shape index (κ1) is 12.9. The Labute approximate surface area is 109 Å². The first-order valence-corrected chi connectivity index (χ1v) is 5.68. The first-order valence-electron chi connectivity index (χ1n) is 5.68. The second-order valence-corrected chi connectivity index (χ2v) is 4.65. The van der Waals surface area contributed by atoms with Crippen LogP contribution in [0.15, 0.2) is 35.7 Å². The van der Waals surface area contributed by atoms with Crippen molar-refractivity contribution in [2.45, 2.75) is 19.4 Å². The summed E-state index contributed by atoms with van der Waals surface area (Å²) in [5, 5.41) is 18.4. The number of fused-ring (bicyclic) bond motifs is 1. The molecule has 0 aliphatic carbocycles. The smallest absolute Gasteiger partial charge is 0.255 e. The van der Waals surface area contributed by atoms with Gasteiger partial charge in [0.2, 0.25) is 0 Å². The Morgan fingerprint density at radius 2 is 2.26 bits per heavy atom. The quantitative estimate of drug-likeness (QED) is 0.325. The summed E-state index contributed by atoms with van der Waals surface area (Å²) in [4.78, 5) is 12.2. The van der Waals surface area contributed by atoms with E-state index in [0.717, 1.165) is 0 Å².